The van der Waals surface area contributed by atoms with E-state index in [0.717, 1.165) is 17.1 Å². The molecule has 5 heteroatoms. The number of carboxylic acid groups (broad SMARTS) is 1. The van der Waals surface area contributed by atoms with Crippen LogP contribution in [0.15, 0.2) is 23.1 Å². The van der Waals surface area contributed by atoms with Crippen molar-refractivity contribution >= 4 is 23.4 Å². The van der Waals surface area contributed by atoms with E-state index in [9.17, 15) is 9.90 Å². The van der Waals surface area contributed by atoms with E-state index in [1.54, 1.807) is 24.9 Å². The molecule has 0 atom stereocenters. The fraction of sp³-hybridized carbons (Fsp3) is 0.462. The minimum atomic E-state index is -0.888. The number of aromatic carboxylic acids is 1. The summed E-state index contributed by atoms with van der Waals surface area (Å²) in [5.74, 6) is -0.0336. The molecule has 0 amide bonds. The molecule has 0 aliphatic carbocycles. The van der Waals surface area contributed by atoms with Crippen LogP contribution >= 0.6 is 11.8 Å². The normalized spacial score (nSPS) is 10.3. The van der Waals surface area contributed by atoms with Crippen LogP contribution in [0.4, 0.5) is 5.69 Å². The lowest BCUT2D eigenvalue weighted by molar-refractivity contribution is 0.0694. The summed E-state index contributed by atoms with van der Waals surface area (Å²) in [7, 11) is 1.65. The van der Waals surface area contributed by atoms with Gasteiger partial charge in [-0.1, -0.05) is 13.0 Å². The fourth-order valence-electron chi connectivity index (χ4n) is 1.61. The zero-order chi connectivity index (χ0) is 13.4. The second-order valence-electron chi connectivity index (χ2n) is 3.69. The molecular formula is C13H19NO3S. The SMILES string of the molecule is CCSc1cccc(NCCCOC)c1C(=O)O. The highest BCUT2D eigenvalue weighted by molar-refractivity contribution is 7.99. The molecule has 0 aliphatic heterocycles. The van der Waals surface area contributed by atoms with Crippen LogP contribution in [0, 0.1) is 0 Å². The standard InChI is InChI=1S/C13H19NO3S/c1-3-18-11-7-4-6-10(12(11)13(15)16)14-8-5-9-17-2/h4,6-7,14H,3,5,8-9H2,1-2H3,(H,15,16). The Labute approximate surface area is 112 Å². The lowest BCUT2D eigenvalue weighted by Gasteiger charge is -2.12. The summed E-state index contributed by atoms with van der Waals surface area (Å²) in [5, 5.41) is 12.5. The molecule has 18 heavy (non-hydrogen) atoms. The molecule has 1 aromatic carbocycles. The Morgan fingerprint density at radius 1 is 1.50 bits per heavy atom. The molecule has 0 aliphatic rings. The first-order chi connectivity index (χ1) is 8.70. The summed E-state index contributed by atoms with van der Waals surface area (Å²) in [6, 6.07) is 5.52. The summed E-state index contributed by atoms with van der Waals surface area (Å²) in [4.78, 5) is 12.1. The van der Waals surface area contributed by atoms with Crippen LogP contribution in [-0.4, -0.2) is 37.1 Å². The highest BCUT2D eigenvalue weighted by Gasteiger charge is 2.14. The van der Waals surface area contributed by atoms with E-state index >= 15 is 0 Å². The quantitative estimate of drug-likeness (QED) is 0.561. The lowest BCUT2D eigenvalue weighted by Crippen LogP contribution is -2.10. The molecule has 0 unspecified atom stereocenters. The van der Waals surface area contributed by atoms with Gasteiger partial charge in [0, 0.05) is 30.8 Å². The number of hydrogen-bond acceptors (Lipinski definition) is 4. The van der Waals surface area contributed by atoms with Crippen LogP contribution in [-0.2, 0) is 4.74 Å². The van der Waals surface area contributed by atoms with Crippen LogP contribution in [0.1, 0.15) is 23.7 Å². The van der Waals surface area contributed by atoms with Gasteiger partial charge < -0.3 is 15.2 Å². The maximum atomic E-state index is 11.3. The molecule has 100 valence electrons. The first kappa shape index (κ1) is 14.9. The van der Waals surface area contributed by atoms with Crippen molar-refractivity contribution in [2.75, 3.05) is 31.3 Å². The van der Waals surface area contributed by atoms with Crippen molar-refractivity contribution < 1.29 is 14.6 Å². The largest absolute Gasteiger partial charge is 0.478 e. The monoisotopic (exact) mass is 269 g/mol. The molecular weight excluding hydrogens is 250 g/mol. The van der Waals surface area contributed by atoms with Gasteiger partial charge in [-0.3, -0.25) is 0 Å². The van der Waals surface area contributed by atoms with Crippen molar-refractivity contribution in [2.24, 2.45) is 0 Å². The maximum Gasteiger partial charge on any atom is 0.338 e. The molecule has 0 heterocycles. The minimum absolute atomic E-state index is 0.363. The summed E-state index contributed by atoms with van der Waals surface area (Å²) in [5.41, 5.74) is 1.04. The number of ether oxygens (including phenoxy) is 1. The first-order valence-electron chi connectivity index (χ1n) is 5.92. The average Bonchev–Trinajstić information content (AvgIpc) is 2.35. The molecule has 2 N–H and O–H groups in total. The maximum absolute atomic E-state index is 11.3. The molecule has 0 spiro atoms. The Balaban J connectivity index is 2.82. The van der Waals surface area contributed by atoms with Gasteiger partial charge in [0.1, 0.15) is 0 Å². The predicted molar refractivity (Wildman–Crippen MR) is 74.8 cm³/mol. The number of anilines is 1. The number of carboxylic acids is 1. The van der Waals surface area contributed by atoms with Gasteiger partial charge in [0.2, 0.25) is 0 Å². The number of carbonyl (C=O) groups is 1. The van der Waals surface area contributed by atoms with Gasteiger partial charge in [0.25, 0.3) is 0 Å². The number of nitrogens with one attached hydrogen (secondary N) is 1. The predicted octanol–water partition coefficient (Wildman–Crippen LogP) is 2.95. The van der Waals surface area contributed by atoms with Crippen molar-refractivity contribution in [1.82, 2.24) is 0 Å². The van der Waals surface area contributed by atoms with Crippen LogP contribution in [0.3, 0.4) is 0 Å². The Morgan fingerprint density at radius 2 is 2.28 bits per heavy atom. The van der Waals surface area contributed by atoms with Gasteiger partial charge in [-0.25, -0.2) is 4.79 Å². The van der Waals surface area contributed by atoms with Crippen molar-refractivity contribution in [3.8, 4) is 0 Å². The van der Waals surface area contributed by atoms with Gasteiger partial charge in [-0.15, -0.1) is 11.8 Å². The third-order valence-electron chi connectivity index (χ3n) is 2.38. The smallest absolute Gasteiger partial charge is 0.338 e. The third kappa shape index (κ3) is 4.23. The highest BCUT2D eigenvalue weighted by atomic mass is 32.2. The van der Waals surface area contributed by atoms with Crippen LogP contribution in [0.2, 0.25) is 0 Å². The van der Waals surface area contributed by atoms with Crippen molar-refractivity contribution in [3.63, 3.8) is 0 Å². The molecule has 0 fully saturated rings. The first-order valence-corrected chi connectivity index (χ1v) is 6.91. The number of rotatable bonds is 8. The fourth-order valence-corrected chi connectivity index (χ4v) is 2.44. The van der Waals surface area contributed by atoms with Crippen LogP contribution < -0.4 is 5.32 Å². The van der Waals surface area contributed by atoms with Crippen molar-refractivity contribution in [3.05, 3.63) is 23.8 Å². The summed E-state index contributed by atoms with van der Waals surface area (Å²) in [6.45, 7) is 3.38. The van der Waals surface area contributed by atoms with Gasteiger partial charge in [0.15, 0.2) is 0 Å². The van der Waals surface area contributed by atoms with E-state index in [1.807, 2.05) is 19.1 Å². The molecule has 0 aromatic heterocycles. The summed E-state index contributed by atoms with van der Waals surface area (Å²) >= 11 is 1.54. The van der Waals surface area contributed by atoms with Crippen molar-refractivity contribution in [2.45, 2.75) is 18.2 Å². The Kier molecular flexibility index (Phi) is 6.60. The van der Waals surface area contributed by atoms with Gasteiger partial charge in [-0.05, 0) is 24.3 Å². The number of thioether (sulfide) groups is 1. The Morgan fingerprint density at radius 3 is 2.89 bits per heavy atom. The van der Waals surface area contributed by atoms with Gasteiger partial charge in [0.05, 0.1) is 5.56 Å². The molecule has 0 saturated carbocycles. The van der Waals surface area contributed by atoms with E-state index in [2.05, 4.69) is 5.32 Å². The summed E-state index contributed by atoms with van der Waals surface area (Å²) in [6.07, 6.45) is 0.848. The Hall–Kier alpha value is -1.20. The second-order valence-corrected chi connectivity index (χ2v) is 5.00. The van der Waals surface area contributed by atoms with Gasteiger partial charge in [-0.2, -0.15) is 0 Å². The average molecular weight is 269 g/mol. The molecule has 0 saturated heterocycles. The number of benzene rings is 1. The van der Waals surface area contributed by atoms with Gasteiger partial charge >= 0.3 is 5.97 Å². The van der Waals surface area contributed by atoms with Crippen LogP contribution in [0.5, 0.6) is 0 Å². The highest BCUT2D eigenvalue weighted by Crippen LogP contribution is 2.28. The minimum Gasteiger partial charge on any atom is -0.478 e. The summed E-state index contributed by atoms with van der Waals surface area (Å²) < 4.78 is 4.96. The topological polar surface area (TPSA) is 58.6 Å². The van der Waals surface area contributed by atoms with E-state index < -0.39 is 5.97 Å². The van der Waals surface area contributed by atoms with Crippen molar-refractivity contribution in [1.29, 1.82) is 0 Å². The number of methoxy groups -OCH3 is 1. The number of hydrogen-bond donors (Lipinski definition) is 2. The van der Waals surface area contributed by atoms with Crippen LogP contribution in [0.25, 0.3) is 0 Å². The lowest BCUT2D eigenvalue weighted by atomic mass is 10.1. The molecule has 0 radical (unpaired) electrons. The Bertz CT molecular complexity index is 396. The third-order valence-corrected chi connectivity index (χ3v) is 3.32. The second kappa shape index (κ2) is 8.00. The van der Waals surface area contributed by atoms with E-state index in [-0.39, 0.29) is 0 Å². The van der Waals surface area contributed by atoms with E-state index in [0.29, 0.717) is 24.4 Å². The zero-order valence-corrected chi connectivity index (χ0v) is 11.5. The van der Waals surface area contributed by atoms with E-state index in [1.165, 1.54) is 0 Å². The van der Waals surface area contributed by atoms with E-state index in [4.69, 9.17) is 4.74 Å². The molecule has 0 bridgehead atoms. The molecule has 1 aromatic rings. The molecule has 4 nitrogen and oxygen atoms in total. The molecule has 1 rings (SSSR count). The zero-order valence-electron chi connectivity index (χ0n) is 10.7.